The van der Waals surface area contributed by atoms with Crippen LogP contribution in [0, 0.1) is 11.6 Å². The topological polar surface area (TPSA) is 59.2 Å². The molecule has 0 radical (unpaired) electrons. The largest absolute Gasteiger partial charge is 0.506 e. The lowest BCUT2D eigenvalue weighted by Crippen LogP contribution is -1.95. The third kappa shape index (κ3) is 2.39. The van der Waals surface area contributed by atoms with Gasteiger partial charge in [0.1, 0.15) is 22.3 Å². The van der Waals surface area contributed by atoms with Crippen LogP contribution in [0.1, 0.15) is 11.4 Å². The number of thiophene rings is 1. The average molecular weight is 294 g/mol. The second kappa shape index (κ2) is 5.01. The molecule has 0 saturated heterocycles. The lowest BCUT2D eigenvalue weighted by atomic mass is 10.1. The molecule has 3 rings (SSSR count). The highest BCUT2D eigenvalue weighted by Gasteiger charge is 2.15. The number of hydrogen-bond donors (Lipinski definition) is 1. The molecule has 0 fully saturated rings. The predicted molar refractivity (Wildman–Crippen MR) is 68.4 cm³/mol. The van der Waals surface area contributed by atoms with E-state index in [0.29, 0.717) is 4.88 Å². The third-order valence-electron chi connectivity index (χ3n) is 2.67. The Bertz CT molecular complexity index is 754. The standard InChI is InChI=1S/C13H8F2N2O2S/c14-8-2-1-7(9(15)6-8)5-11-16-13(19-17-11)12-10(18)3-4-20-12/h1-4,6,18H,5H2. The summed E-state index contributed by atoms with van der Waals surface area (Å²) in [5.41, 5.74) is 0.272. The third-order valence-corrected chi connectivity index (χ3v) is 3.56. The Kier molecular flexibility index (Phi) is 3.19. The van der Waals surface area contributed by atoms with Crippen LogP contribution in [0.2, 0.25) is 0 Å². The minimum Gasteiger partial charge on any atom is -0.506 e. The van der Waals surface area contributed by atoms with Gasteiger partial charge in [-0.2, -0.15) is 4.98 Å². The summed E-state index contributed by atoms with van der Waals surface area (Å²) >= 11 is 1.26. The first-order valence-electron chi connectivity index (χ1n) is 5.67. The molecular weight excluding hydrogens is 286 g/mol. The zero-order chi connectivity index (χ0) is 14.1. The SMILES string of the molecule is Oc1ccsc1-c1nc(Cc2ccc(F)cc2F)no1. The van der Waals surface area contributed by atoms with Gasteiger partial charge in [0.25, 0.3) is 5.89 Å². The molecule has 0 spiro atoms. The van der Waals surface area contributed by atoms with Crippen LogP contribution in [-0.4, -0.2) is 15.2 Å². The highest BCUT2D eigenvalue weighted by atomic mass is 32.1. The summed E-state index contributed by atoms with van der Waals surface area (Å²) in [6.45, 7) is 0. The van der Waals surface area contributed by atoms with Gasteiger partial charge in [-0.1, -0.05) is 11.2 Å². The second-order valence-corrected chi connectivity index (χ2v) is 4.98. The van der Waals surface area contributed by atoms with Crippen LogP contribution in [0.25, 0.3) is 10.8 Å². The van der Waals surface area contributed by atoms with Crippen LogP contribution >= 0.6 is 11.3 Å². The maximum Gasteiger partial charge on any atom is 0.271 e. The Hall–Kier alpha value is -2.28. The average Bonchev–Trinajstić information content (AvgIpc) is 3.01. The zero-order valence-electron chi connectivity index (χ0n) is 10.0. The van der Waals surface area contributed by atoms with Gasteiger partial charge in [0.05, 0.1) is 0 Å². The van der Waals surface area contributed by atoms with Gasteiger partial charge in [-0.3, -0.25) is 0 Å². The van der Waals surface area contributed by atoms with Gasteiger partial charge in [-0.15, -0.1) is 11.3 Å². The molecule has 2 heterocycles. The molecular formula is C13H8F2N2O2S. The van der Waals surface area contributed by atoms with Crippen molar-refractivity contribution in [3.05, 3.63) is 52.7 Å². The fourth-order valence-electron chi connectivity index (χ4n) is 1.72. The van der Waals surface area contributed by atoms with E-state index in [4.69, 9.17) is 4.52 Å². The van der Waals surface area contributed by atoms with Gasteiger partial charge in [-0.25, -0.2) is 8.78 Å². The summed E-state index contributed by atoms with van der Waals surface area (Å²) in [4.78, 5) is 4.55. The van der Waals surface area contributed by atoms with E-state index < -0.39 is 11.6 Å². The Balaban J connectivity index is 1.86. The van der Waals surface area contributed by atoms with Gasteiger partial charge in [0.15, 0.2) is 5.82 Å². The maximum atomic E-state index is 13.5. The summed E-state index contributed by atoms with van der Waals surface area (Å²) in [5, 5.41) is 15.0. The maximum absolute atomic E-state index is 13.5. The van der Waals surface area contributed by atoms with Crippen molar-refractivity contribution in [2.75, 3.05) is 0 Å². The number of aromatic hydroxyl groups is 1. The molecule has 0 unspecified atom stereocenters. The monoisotopic (exact) mass is 294 g/mol. The van der Waals surface area contributed by atoms with Crippen LogP contribution in [-0.2, 0) is 6.42 Å². The molecule has 20 heavy (non-hydrogen) atoms. The summed E-state index contributed by atoms with van der Waals surface area (Å²) < 4.78 is 31.3. The second-order valence-electron chi connectivity index (χ2n) is 4.06. The van der Waals surface area contributed by atoms with Crippen molar-refractivity contribution < 1.29 is 18.4 Å². The summed E-state index contributed by atoms with van der Waals surface area (Å²) in [5.74, 6) is -0.801. The molecule has 1 N–H and O–H groups in total. The Labute approximate surface area is 116 Å². The van der Waals surface area contributed by atoms with Crippen molar-refractivity contribution in [3.63, 3.8) is 0 Å². The molecule has 0 atom stereocenters. The smallest absolute Gasteiger partial charge is 0.271 e. The normalized spacial score (nSPS) is 10.9. The molecule has 102 valence electrons. The molecule has 2 aromatic heterocycles. The van der Waals surface area contributed by atoms with Crippen LogP contribution < -0.4 is 0 Å². The highest BCUT2D eigenvalue weighted by molar-refractivity contribution is 7.13. The van der Waals surface area contributed by atoms with E-state index in [-0.39, 0.29) is 29.4 Å². The van der Waals surface area contributed by atoms with Gasteiger partial charge in [0, 0.05) is 12.5 Å². The van der Waals surface area contributed by atoms with E-state index in [0.717, 1.165) is 6.07 Å². The molecule has 0 aliphatic rings. The lowest BCUT2D eigenvalue weighted by Gasteiger charge is -1.98. The summed E-state index contributed by atoms with van der Waals surface area (Å²) in [7, 11) is 0. The molecule has 4 nitrogen and oxygen atoms in total. The minimum atomic E-state index is -0.657. The van der Waals surface area contributed by atoms with Gasteiger partial charge in [-0.05, 0) is 23.1 Å². The van der Waals surface area contributed by atoms with Crippen LogP contribution in [0.15, 0.2) is 34.2 Å². The van der Waals surface area contributed by atoms with E-state index >= 15 is 0 Å². The molecule has 0 aliphatic heterocycles. The van der Waals surface area contributed by atoms with Crippen molar-refractivity contribution in [2.45, 2.75) is 6.42 Å². The van der Waals surface area contributed by atoms with E-state index in [1.807, 2.05) is 0 Å². The van der Waals surface area contributed by atoms with E-state index in [2.05, 4.69) is 10.1 Å². The van der Waals surface area contributed by atoms with Crippen LogP contribution in [0.3, 0.4) is 0 Å². The van der Waals surface area contributed by atoms with Crippen molar-refractivity contribution in [2.24, 2.45) is 0 Å². The van der Waals surface area contributed by atoms with Crippen LogP contribution in [0.5, 0.6) is 5.75 Å². The number of hydrogen-bond acceptors (Lipinski definition) is 5. The molecule has 0 amide bonds. The lowest BCUT2D eigenvalue weighted by molar-refractivity contribution is 0.420. The summed E-state index contributed by atoms with van der Waals surface area (Å²) in [6.07, 6.45) is 0.0851. The van der Waals surface area contributed by atoms with Crippen molar-refractivity contribution in [1.82, 2.24) is 10.1 Å². The Morgan fingerprint density at radius 2 is 2.10 bits per heavy atom. The number of nitrogens with zero attached hydrogens (tertiary/aromatic N) is 2. The molecule has 3 aromatic rings. The van der Waals surface area contributed by atoms with E-state index in [9.17, 15) is 13.9 Å². The van der Waals surface area contributed by atoms with Crippen molar-refractivity contribution >= 4 is 11.3 Å². The number of benzene rings is 1. The zero-order valence-corrected chi connectivity index (χ0v) is 10.8. The summed E-state index contributed by atoms with van der Waals surface area (Å²) in [6, 6.07) is 4.83. The van der Waals surface area contributed by atoms with Crippen molar-refractivity contribution in [1.29, 1.82) is 0 Å². The van der Waals surface area contributed by atoms with Gasteiger partial charge >= 0.3 is 0 Å². The molecule has 7 heteroatoms. The van der Waals surface area contributed by atoms with Gasteiger partial charge < -0.3 is 9.63 Å². The first kappa shape index (κ1) is 12.7. The Morgan fingerprint density at radius 1 is 1.25 bits per heavy atom. The quantitative estimate of drug-likeness (QED) is 0.804. The first-order chi connectivity index (χ1) is 9.63. The molecule has 1 aromatic carbocycles. The number of rotatable bonds is 3. The number of aromatic nitrogens is 2. The van der Waals surface area contributed by atoms with Crippen LogP contribution in [0.4, 0.5) is 8.78 Å². The molecule has 0 aliphatic carbocycles. The number of halogens is 2. The van der Waals surface area contributed by atoms with Crippen molar-refractivity contribution in [3.8, 4) is 16.5 Å². The fourth-order valence-corrected chi connectivity index (χ4v) is 2.42. The Morgan fingerprint density at radius 3 is 2.80 bits per heavy atom. The van der Waals surface area contributed by atoms with Gasteiger partial charge in [0.2, 0.25) is 0 Å². The van der Waals surface area contributed by atoms with E-state index in [1.54, 1.807) is 5.38 Å². The highest BCUT2D eigenvalue weighted by Crippen LogP contribution is 2.33. The molecule has 0 saturated carbocycles. The first-order valence-corrected chi connectivity index (χ1v) is 6.55. The fraction of sp³-hybridized carbons (Fsp3) is 0.0769. The predicted octanol–water partition coefficient (Wildman–Crippen LogP) is 3.37. The van der Waals surface area contributed by atoms with E-state index in [1.165, 1.54) is 29.5 Å². The molecule has 0 bridgehead atoms. The minimum absolute atomic E-state index is 0.0539.